The number of piperidine rings is 1. The monoisotopic (exact) mass is 487 g/mol. The highest BCUT2D eigenvalue weighted by Gasteiger charge is 2.34. The average Bonchev–Trinajstić information content (AvgIpc) is 3.57. The standard InChI is InChI=1S/C23H23F2N5O3S/c24-17-5-8-19(25)20(13-17)34(32,33)30-11-9-16(10-12-30)23(31)26-18-6-3-15(4-7-18)22-27-21(28-29-22)14-1-2-14/h3-8,13-14,16H,1-2,9-12H2,(H,26,31)(H,27,28,29). The third kappa shape index (κ3) is 4.58. The van der Waals surface area contributed by atoms with E-state index in [1.165, 1.54) is 0 Å². The van der Waals surface area contributed by atoms with E-state index in [4.69, 9.17) is 0 Å². The van der Waals surface area contributed by atoms with Gasteiger partial charge in [-0.05, 0) is 68.1 Å². The molecule has 3 aromatic rings. The zero-order valence-corrected chi connectivity index (χ0v) is 19.0. The molecule has 1 aliphatic carbocycles. The lowest BCUT2D eigenvalue weighted by Gasteiger charge is -2.30. The Morgan fingerprint density at radius 3 is 2.41 bits per heavy atom. The minimum Gasteiger partial charge on any atom is -0.326 e. The van der Waals surface area contributed by atoms with Crippen molar-refractivity contribution in [3.63, 3.8) is 0 Å². The van der Waals surface area contributed by atoms with Crippen LogP contribution in [-0.2, 0) is 14.8 Å². The maximum absolute atomic E-state index is 14.0. The third-order valence-corrected chi connectivity index (χ3v) is 8.13. The van der Waals surface area contributed by atoms with E-state index >= 15 is 0 Å². The number of nitrogens with zero attached hydrogens (tertiary/aromatic N) is 3. The Kier molecular flexibility index (Phi) is 5.90. The van der Waals surface area contributed by atoms with Gasteiger partial charge in [0.05, 0.1) is 0 Å². The van der Waals surface area contributed by atoms with E-state index in [2.05, 4.69) is 20.5 Å². The van der Waals surface area contributed by atoms with Crippen LogP contribution in [0.25, 0.3) is 11.4 Å². The zero-order valence-electron chi connectivity index (χ0n) is 18.2. The fraction of sp³-hybridized carbons (Fsp3) is 0.348. The fourth-order valence-corrected chi connectivity index (χ4v) is 5.61. The number of aromatic amines is 1. The summed E-state index contributed by atoms with van der Waals surface area (Å²) in [6.45, 7) is 0.0902. The minimum absolute atomic E-state index is 0.0451. The molecular formula is C23H23F2N5O3S. The highest BCUT2D eigenvalue weighted by molar-refractivity contribution is 7.89. The van der Waals surface area contributed by atoms with Crippen LogP contribution in [0.1, 0.15) is 37.4 Å². The molecule has 1 saturated heterocycles. The molecule has 1 amide bonds. The van der Waals surface area contributed by atoms with Gasteiger partial charge in [0.1, 0.15) is 22.4 Å². The predicted molar refractivity (Wildman–Crippen MR) is 120 cm³/mol. The second-order valence-electron chi connectivity index (χ2n) is 8.64. The number of carbonyl (C=O) groups is 1. The fourth-order valence-electron chi connectivity index (χ4n) is 4.06. The number of H-pyrrole nitrogens is 1. The van der Waals surface area contributed by atoms with Crippen molar-refractivity contribution in [2.45, 2.75) is 36.5 Å². The molecule has 1 aromatic heterocycles. The largest absolute Gasteiger partial charge is 0.326 e. The first kappa shape index (κ1) is 22.6. The van der Waals surface area contributed by atoms with Gasteiger partial charge >= 0.3 is 0 Å². The zero-order chi connectivity index (χ0) is 23.9. The molecule has 2 heterocycles. The van der Waals surface area contributed by atoms with Gasteiger partial charge in [0.2, 0.25) is 15.9 Å². The van der Waals surface area contributed by atoms with Gasteiger partial charge in [0.15, 0.2) is 5.82 Å². The molecule has 34 heavy (non-hydrogen) atoms. The van der Waals surface area contributed by atoms with Crippen molar-refractivity contribution >= 4 is 21.6 Å². The van der Waals surface area contributed by atoms with E-state index in [0.29, 0.717) is 23.5 Å². The quantitative estimate of drug-likeness (QED) is 0.552. The van der Waals surface area contributed by atoms with Crippen LogP contribution in [0.5, 0.6) is 0 Å². The Labute approximate surface area is 195 Å². The van der Waals surface area contributed by atoms with E-state index in [9.17, 15) is 22.0 Å². The second-order valence-corrected chi connectivity index (χ2v) is 10.5. The van der Waals surface area contributed by atoms with Gasteiger partial charge < -0.3 is 5.32 Å². The van der Waals surface area contributed by atoms with Crippen LogP contribution in [0.3, 0.4) is 0 Å². The summed E-state index contributed by atoms with van der Waals surface area (Å²) in [5.74, 6) is -0.434. The number of carbonyl (C=O) groups excluding carboxylic acids is 1. The van der Waals surface area contributed by atoms with Crippen molar-refractivity contribution in [3.8, 4) is 11.4 Å². The first-order valence-corrected chi connectivity index (χ1v) is 12.5. The SMILES string of the molecule is O=C(Nc1ccc(-c2n[nH]c(C3CC3)n2)cc1)C1CCN(S(=O)(=O)c2cc(F)ccc2F)CC1. The molecule has 5 rings (SSSR count). The number of amides is 1. The molecule has 11 heteroatoms. The summed E-state index contributed by atoms with van der Waals surface area (Å²) in [6.07, 6.45) is 2.82. The number of anilines is 1. The van der Waals surface area contributed by atoms with Gasteiger partial charge in [-0.2, -0.15) is 9.40 Å². The van der Waals surface area contributed by atoms with E-state index in [1.807, 2.05) is 12.1 Å². The van der Waals surface area contributed by atoms with Gasteiger partial charge in [0.25, 0.3) is 0 Å². The highest BCUT2D eigenvalue weighted by atomic mass is 32.2. The number of halogens is 2. The van der Waals surface area contributed by atoms with E-state index < -0.39 is 32.5 Å². The molecule has 2 N–H and O–H groups in total. The number of benzene rings is 2. The molecule has 2 fully saturated rings. The molecule has 1 saturated carbocycles. The number of hydrogen-bond acceptors (Lipinski definition) is 5. The number of aromatic nitrogens is 3. The molecule has 1 aliphatic heterocycles. The summed E-state index contributed by atoms with van der Waals surface area (Å²) in [5, 5.41) is 10.1. The average molecular weight is 488 g/mol. The van der Waals surface area contributed by atoms with Crippen LogP contribution in [0, 0.1) is 17.6 Å². The Balaban J connectivity index is 1.18. The molecule has 0 atom stereocenters. The maximum atomic E-state index is 14.0. The Morgan fingerprint density at radius 1 is 1.03 bits per heavy atom. The molecular weight excluding hydrogens is 464 g/mol. The van der Waals surface area contributed by atoms with Crippen LogP contribution in [0.15, 0.2) is 47.4 Å². The first-order chi connectivity index (χ1) is 16.3. The Hall–Kier alpha value is -3.18. The van der Waals surface area contributed by atoms with Crippen molar-refractivity contribution in [3.05, 3.63) is 59.9 Å². The van der Waals surface area contributed by atoms with Crippen molar-refractivity contribution in [1.29, 1.82) is 0 Å². The topological polar surface area (TPSA) is 108 Å². The normalized spacial score (nSPS) is 17.6. The summed E-state index contributed by atoms with van der Waals surface area (Å²) < 4.78 is 54.0. The minimum atomic E-state index is -4.18. The van der Waals surface area contributed by atoms with Crippen LogP contribution < -0.4 is 5.32 Å². The third-order valence-electron chi connectivity index (χ3n) is 6.21. The van der Waals surface area contributed by atoms with Crippen LogP contribution in [0.4, 0.5) is 14.5 Å². The lowest BCUT2D eigenvalue weighted by Crippen LogP contribution is -2.41. The van der Waals surface area contributed by atoms with Crippen molar-refractivity contribution < 1.29 is 22.0 Å². The van der Waals surface area contributed by atoms with Crippen LogP contribution >= 0.6 is 0 Å². The van der Waals surface area contributed by atoms with Crippen molar-refractivity contribution in [2.75, 3.05) is 18.4 Å². The van der Waals surface area contributed by atoms with E-state index in [-0.39, 0.29) is 31.8 Å². The van der Waals surface area contributed by atoms with E-state index in [0.717, 1.165) is 40.7 Å². The number of sulfonamides is 1. The van der Waals surface area contributed by atoms with Crippen molar-refractivity contribution in [1.82, 2.24) is 19.5 Å². The second kappa shape index (κ2) is 8.88. The highest BCUT2D eigenvalue weighted by Crippen LogP contribution is 2.38. The summed E-state index contributed by atoms with van der Waals surface area (Å²) >= 11 is 0. The smallest absolute Gasteiger partial charge is 0.246 e. The molecule has 178 valence electrons. The summed E-state index contributed by atoms with van der Waals surface area (Å²) in [7, 11) is -4.18. The summed E-state index contributed by atoms with van der Waals surface area (Å²) in [6, 6.07) is 9.55. The van der Waals surface area contributed by atoms with Crippen LogP contribution in [0.2, 0.25) is 0 Å². The number of rotatable bonds is 6. The Morgan fingerprint density at radius 2 is 1.74 bits per heavy atom. The molecule has 0 bridgehead atoms. The maximum Gasteiger partial charge on any atom is 0.246 e. The van der Waals surface area contributed by atoms with Gasteiger partial charge in [-0.3, -0.25) is 9.89 Å². The summed E-state index contributed by atoms with van der Waals surface area (Å²) in [5.41, 5.74) is 1.45. The molecule has 8 nitrogen and oxygen atoms in total. The lowest BCUT2D eigenvalue weighted by atomic mass is 9.97. The van der Waals surface area contributed by atoms with Crippen molar-refractivity contribution in [2.24, 2.45) is 5.92 Å². The molecule has 0 unspecified atom stereocenters. The molecule has 2 aromatic carbocycles. The molecule has 0 radical (unpaired) electrons. The molecule has 2 aliphatic rings. The van der Waals surface area contributed by atoms with Gasteiger partial charge in [-0.25, -0.2) is 22.2 Å². The van der Waals surface area contributed by atoms with E-state index in [1.54, 1.807) is 12.1 Å². The summed E-state index contributed by atoms with van der Waals surface area (Å²) in [4.78, 5) is 16.5. The van der Waals surface area contributed by atoms with Crippen LogP contribution in [-0.4, -0.2) is 46.9 Å². The lowest BCUT2D eigenvalue weighted by molar-refractivity contribution is -0.120. The predicted octanol–water partition coefficient (Wildman–Crippen LogP) is 3.67. The van der Waals surface area contributed by atoms with Gasteiger partial charge in [-0.15, -0.1) is 0 Å². The van der Waals surface area contributed by atoms with Gasteiger partial charge in [0, 0.05) is 36.2 Å². The first-order valence-electron chi connectivity index (χ1n) is 11.1. The Bertz CT molecular complexity index is 1310. The number of hydrogen-bond donors (Lipinski definition) is 2. The van der Waals surface area contributed by atoms with Gasteiger partial charge in [-0.1, -0.05) is 0 Å². The number of nitrogens with one attached hydrogen (secondary N) is 2. The molecule has 0 spiro atoms.